The van der Waals surface area contributed by atoms with Crippen molar-refractivity contribution in [1.82, 2.24) is 9.62 Å². The fourth-order valence-electron chi connectivity index (χ4n) is 2.07. The largest absolute Gasteiger partial charge is 0.480 e. The molecule has 10 heteroatoms. The van der Waals surface area contributed by atoms with Crippen LogP contribution >= 0.6 is 0 Å². The number of hydrogen-bond donors (Lipinski definition) is 3. The number of carboxylic acid groups (broad SMARTS) is 1. The topological polar surface area (TPSA) is 143 Å². The summed E-state index contributed by atoms with van der Waals surface area (Å²) in [5.41, 5.74) is 5.63. The first-order chi connectivity index (χ1) is 12.1. The van der Waals surface area contributed by atoms with Gasteiger partial charge in [-0.25, -0.2) is 12.7 Å². The second kappa shape index (κ2) is 7.68. The highest BCUT2D eigenvalue weighted by Gasteiger charge is 2.24. The van der Waals surface area contributed by atoms with Crippen LogP contribution in [-0.2, 0) is 14.8 Å². The van der Waals surface area contributed by atoms with Gasteiger partial charge in [0.25, 0.3) is 5.91 Å². The molecule has 4 N–H and O–H groups in total. The molecule has 0 aliphatic rings. The average molecular weight is 381 g/mol. The van der Waals surface area contributed by atoms with E-state index in [1.54, 1.807) is 18.2 Å². The molecule has 1 aromatic carbocycles. The molecule has 1 aromatic heterocycles. The van der Waals surface area contributed by atoms with Gasteiger partial charge in [-0.15, -0.1) is 0 Å². The quantitative estimate of drug-likeness (QED) is 0.627. The van der Waals surface area contributed by atoms with E-state index in [-0.39, 0.29) is 23.0 Å². The van der Waals surface area contributed by atoms with Crippen LogP contribution in [0.5, 0.6) is 0 Å². The Labute approximate surface area is 150 Å². The summed E-state index contributed by atoms with van der Waals surface area (Å²) in [4.78, 5) is 22.7. The third-order valence-electron chi connectivity index (χ3n) is 3.54. The van der Waals surface area contributed by atoms with E-state index in [4.69, 9.17) is 15.3 Å². The summed E-state index contributed by atoms with van der Waals surface area (Å²) in [5, 5.41) is 11.1. The first-order valence-electron chi connectivity index (χ1n) is 7.53. The molecule has 140 valence electrons. The SMILES string of the molecule is CN(C)S(=O)(=O)c1ccccc1-c1ccc(C(=O)NC[C@@H](N)C(=O)O)o1. The minimum atomic E-state index is -3.71. The molecule has 0 spiro atoms. The van der Waals surface area contributed by atoms with Crippen molar-refractivity contribution < 1.29 is 27.5 Å². The number of nitrogens with zero attached hydrogens (tertiary/aromatic N) is 1. The number of nitrogens with two attached hydrogens (primary N) is 1. The molecule has 0 aliphatic heterocycles. The molecule has 0 saturated heterocycles. The van der Waals surface area contributed by atoms with Crippen LogP contribution in [0.15, 0.2) is 45.7 Å². The molecule has 2 rings (SSSR count). The molecule has 0 bridgehead atoms. The second-order valence-electron chi connectivity index (χ2n) is 5.60. The standard InChI is InChI=1S/C16H19N3O6S/c1-19(2)26(23,24)14-6-4-3-5-10(14)12-7-8-13(25-12)15(20)18-9-11(17)16(21)22/h3-8,11H,9,17H2,1-2H3,(H,18,20)(H,21,22)/t11-/m1/s1. The summed E-state index contributed by atoms with van der Waals surface area (Å²) < 4.78 is 31.4. The highest BCUT2D eigenvalue weighted by Crippen LogP contribution is 2.30. The van der Waals surface area contributed by atoms with Gasteiger partial charge in [-0.3, -0.25) is 9.59 Å². The summed E-state index contributed by atoms with van der Waals surface area (Å²) in [7, 11) is -0.876. The van der Waals surface area contributed by atoms with Crippen molar-refractivity contribution in [2.45, 2.75) is 10.9 Å². The Balaban J connectivity index is 2.29. The van der Waals surface area contributed by atoms with E-state index >= 15 is 0 Å². The van der Waals surface area contributed by atoms with Gasteiger partial charge in [0.2, 0.25) is 10.0 Å². The lowest BCUT2D eigenvalue weighted by Crippen LogP contribution is -2.42. The van der Waals surface area contributed by atoms with E-state index in [0.717, 1.165) is 4.31 Å². The number of furan rings is 1. The van der Waals surface area contributed by atoms with Gasteiger partial charge in [0.05, 0.1) is 4.90 Å². The van der Waals surface area contributed by atoms with Gasteiger partial charge in [0.1, 0.15) is 11.8 Å². The molecule has 0 radical (unpaired) electrons. The summed E-state index contributed by atoms with van der Waals surface area (Å²) in [5.74, 6) is -1.79. The molecule has 1 heterocycles. The van der Waals surface area contributed by atoms with Crippen molar-refractivity contribution >= 4 is 21.9 Å². The number of aliphatic carboxylic acids is 1. The zero-order valence-electron chi connectivity index (χ0n) is 14.2. The van der Waals surface area contributed by atoms with Crippen LogP contribution in [0.1, 0.15) is 10.6 Å². The number of rotatable bonds is 7. The van der Waals surface area contributed by atoms with Gasteiger partial charge in [-0.1, -0.05) is 12.1 Å². The van der Waals surface area contributed by atoms with E-state index < -0.39 is 27.9 Å². The van der Waals surface area contributed by atoms with Crippen molar-refractivity contribution in [3.63, 3.8) is 0 Å². The number of amides is 1. The van der Waals surface area contributed by atoms with Crippen molar-refractivity contribution in [2.75, 3.05) is 20.6 Å². The fourth-order valence-corrected chi connectivity index (χ4v) is 3.16. The predicted molar refractivity (Wildman–Crippen MR) is 93.0 cm³/mol. The van der Waals surface area contributed by atoms with Gasteiger partial charge < -0.3 is 20.6 Å². The Morgan fingerprint density at radius 1 is 1.23 bits per heavy atom. The first kappa shape index (κ1) is 19.6. The summed E-state index contributed by atoms with van der Waals surface area (Å²) in [6, 6.07) is 7.85. The van der Waals surface area contributed by atoms with Crippen LogP contribution in [0, 0.1) is 0 Å². The Morgan fingerprint density at radius 3 is 2.50 bits per heavy atom. The number of sulfonamides is 1. The smallest absolute Gasteiger partial charge is 0.322 e. The Bertz CT molecular complexity index is 920. The molecule has 2 aromatic rings. The first-order valence-corrected chi connectivity index (χ1v) is 8.97. The molecule has 0 fully saturated rings. The predicted octanol–water partition coefficient (Wildman–Crippen LogP) is 0.339. The molecular weight excluding hydrogens is 362 g/mol. The summed E-state index contributed by atoms with van der Waals surface area (Å²) in [6.07, 6.45) is 0. The van der Waals surface area contributed by atoms with Crippen LogP contribution in [0.2, 0.25) is 0 Å². The molecule has 1 amide bonds. The molecular formula is C16H19N3O6S. The zero-order chi connectivity index (χ0) is 19.5. The maximum absolute atomic E-state index is 12.4. The minimum absolute atomic E-state index is 0.0409. The van der Waals surface area contributed by atoms with E-state index in [9.17, 15) is 18.0 Å². The lowest BCUT2D eigenvalue weighted by Gasteiger charge is -2.14. The Kier molecular flexibility index (Phi) is 5.80. The van der Waals surface area contributed by atoms with E-state index in [1.165, 1.54) is 32.3 Å². The zero-order valence-corrected chi connectivity index (χ0v) is 15.0. The number of nitrogens with one attached hydrogen (secondary N) is 1. The monoisotopic (exact) mass is 381 g/mol. The fraction of sp³-hybridized carbons (Fsp3) is 0.250. The van der Waals surface area contributed by atoms with Crippen LogP contribution in [0.4, 0.5) is 0 Å². The molecule has 0 aliphatic carbocycles. The average Bonchev–Trinajstić information content (AvgIpc) is 3.09. The molecule has 26 heavy (non-hydrogen) atoms. The lowest BCUT2D eigenvalue weighted by atomic mass is 10.2. The van der Waals surface area contributed by atoms with Gasteiger partial charge >= 0.3 is 5.97 Å². The third-order valence-corrected chi connectivity index (χ3v) is 5.41. The van der Waals surface area contributed by atoms with Crippen LogP contribution in [0.25, 0.3) is 11.3 Å². The maximum Gasteiger partial charge on any atom is 0.322 e. The molecule has 0 saturated carbocycles. The molecule has 0 unspecified atom stereocenters. The maximum atomic E-state index is 12.4. The van der Waals surface area contributed by atoms with Crippen molar-refractivity contribution in [3.05, 3.63) is 42.2 Å². The number of carbonyl (C=O) groups excluding carboxylic acids is 1. The highest BCUT2D eigenvalue weighted by molar-refractivity contribution is 7.89. The van der Waals surface area contributed by atoms with Gasteiger partial charge in [-0.2, -0.15) is 0 Å². The van der Waals surface area contributed by atoms with Crippen LogP contribution < -0.4 is 11.1 Å². The van der Waals surface area contributed by atoms with E-state index in [0.29, 0.717) is 5.56 Å². The van der Waals surface area contributed by atoms with Crippen LogP contribution in [0.3, 0.4) is 0 Å². The summed E-state index contributed by atoms with van der Waals surface area (Å²) >= 11 is 0. The van der Waals surface area contributed by atoms with Crippen LogP contribution in [-0.4, -0.2) is 56.4 Å². The number of hydrogen-bond acceptors (Lipinski definition) is 6. The summed E-state index contributed by atoms with van der Waals surface area (Å²) in [6.45, 7) is -0.268. The highest BCUT2D eigenvalue weighted by atomic mass is 32.2. The number of carbonyl (C=O) groups is 2. The van der Waals surface area contributed by atoms with Gasteiger partial charge in [0, 0.05) is 26.2 Å². The van der Waals surface area contributed by atoms with Gasteiger partial charge in [-0.05, 0) is 24.3 Å². The minimum Gasteiger partial charge on any atom is -0.480 e. The van der Waals surface area contributed by atoms with Crippen molar-refractivity contribution in [3.8, 4) is 11.3 Å². The lowest BCUT2D eigenvalue weighted by molar-refractivity contribution is -0.138. The normalized spacial score (nSPS) is 12.8. The van der Waals surface area contributed by atoms with Crippen molar-refractivity contribution in [1.29, 1.82) is 0 Å². The van der Waals surface area contributed by atoms with Crippen molar-refractivity contribution in [2.24, 2.45) is 5.73 Å². The Hall–Kier alpha value is -2.69. The number of carboxylic acids is 1. The third kappa shape index (κ3) is 4.10. The second-order valence-corrected chi connectivity index (χ2v) is 7.72. The van der Waals surface area contributed by atoms with E-state index in [1.807, 2.05) is 0 Å². The molecule has 1 atom stereocenters. The van der Waals surface area contributed by atoms with Gasteiger partial charge in [0.15, 0.2) is 5.76 Å². The Morgan fingerprint density at radius 2 is 1.88 bits per heavy atom. The van der Waals surface area contributed by atoms with E-state index in [2.05, 4.69) is 5.32 Å². The number of benzene rings is 1. The molecule has 9 nitrogen and oxygen atoms in total.